The molecule has 0 bridgehead atoms. The van der Waals surface area contributed by atoms with E-state index in [4.69, 9.17) is 5.73 Å². The average molecular weight is 255 g/mol. The Labute approximate surface area is 109 Å². The molecule has 0 saturated carbocycles. The highest BCUT2D eigenvalue weighted by atomic mass is 16.2. The molecule has 96 valence electrons. The van der Waals surface area contributed by atoms with Gasteiger partial charge in [0.25, 0.3) is 5.78 Å². The lowest BCUT2D eigenvalue weighted by molar-refractivity contribution is 0.0812. The average Bonchev–Trinajstić information content (AvgIpc) is 2.81. The molecule has 0 spiro atoms. The third-order valence-electron chi connectivity index (χ3n) is 3.25. The molecular formula is C14H13N3O2. The van der Waals surface area contributed by atoms with Gasteiger partial charge in [0.15, 0.2) is 0 Å². The van der Waals surface area contributed by atoms with Crippen molar-refractivity contribution in [2.45, 2.75) is 19.8 Å². The number of nitrogen functional groups attached to an aromatic ring is 1. The summed E-state index contributed by atoms with van der Waals surface area (Å²) in [6.07, 6.45) is 0. The van der Waals surface area contributed by atoms with Gasteiger partial charge in [-0.2, -0.15) is 0 Å². The van der Waals surface area contributed by atoms with Crippen molar-refractivity contribution in [1.29, 1.82) is 0 Å². The number of carbonyl (C=O) groups excluding carboxylic acids is 2. The lowest BCUT2D eigenvalue weighted by Gasteiger charge is -2.13. The Hall–Kier alpha value is -2.43. The van der Waals surface area contributed by atoms with Gasteiger partial charge in [-0.25, -0.2) is 4.98 Å². The van der Waals surface area contributed by atoms with Crippen molar-refractivity contribution >= 4 is 17.3 Å². The summed E-state index contributed by atoms with van der Waals surface area (Å²) in [5.41, 5.74) is 8.00. The first-order valence-corrected chi connectivity index (χ1v) is 6.08. The summed E-state index contributed by atoms with van der Waals surface area (Å²) < 4.78 is 0. The normalized spacial score (nSPS) is 13.6. The van der Waals surface area contributed by atoms with E-state index in [0.29, 0.717) is 28.3 Å². The third-order valence-corrected chi connectivity index (χ3v) is 3.25. The number of hydrogen-bond donors (Lipinski definition) is 2. The highest BCUT2D eigenvalue weighted by molar-refractivity contribution is 6.52. The van der Waals surface area contributed by atoms with Gasteiger partial charge >= 0.3 is 0 Å². The molecule has 3 N–H and O–H groups in total. The Morgan fingerprint density at radius 3 is 2.58 bits per heavy atom. The van der Waals surface area contributed by atoms with Crippen LogP contribution in [0.15, 0.2) is 18.2 Å². The number of anilines is 1. The van der Waals surface area contributed by atoms with E-state index in [1.54, 1.807) is 12.1 Å². The van der Waals surface area contributed by atoms with Crippen LogP contribution in [0.3, 0.4) is 0 Å². The predicted molar refractivity (Wildman–Crippen MR) is 71.2 cm³/mol. The lowest BCUT2D eigenvalue weighted by atomic mass is 9.90. The highest BCUT2D eigenvalue weighted by Crippen LogP contribution is 2.33. The van der Waals surface area contributed by atoms with Crippen LogP contribution in [0, 0.1) is 0 Å². The molecule has 1 aromatic carbocycles. The SMILES string of the molecule is CC(C)c1nc2c([nH]1)-c1ccc(N)cc1C(=O)C2=O. The number of nitrogens with one attached hydrogen (secondary N) is 1. The molecule has 0 amide bonds. The van der Waals surface area contributed by atoms with Gasteiger partial charge in [-0.1, -0.05) is 19.9 Å². The number of fused-ring (bicyclic) bond motifs is 3. The maximum Gasteiger partial charge on any atom is 0.254 e. The van der Waals surface area contributed by atoms with Crippen molar-refractivity contribution in [3.8, 4) is 11.3 Å². The minimum Gasteiger partial charge on any atom is -0.399 e. The quantitative estimate of drug-likeness (QED) is 0.603. The standard InChI is InChI=1S/C14H13N3O2/c1-6(2)14-16-10-8-4-3-7(15)5-9(8)12(18)13(19)11(10)17-14/h3-6H,15H2,1-2H3,(H,16,17). The molecule has 0 unspecified atom stereocenters. The monoisotopic (exact) mass is 255 g/mol. The van der Waals surface area contributed by atoms with Gasteiger partial charge in [-0.05, 0) is 12.1 Å². The van der Waals surface area contributed by atoms with E-state index in [2.05, 4.69) is 9.97 Å². The van der Waals surface area contributed by atoms with Crippen molar-refractivity contribution < 1.29 is 9.59 Å². The second-order valence-electron chi connectivity index (χ2n) is 4.96. The number of rotatable bonds is 1. The number of H-pyrrole nitrogens is 1. The van der Waals surface area contributed by atoms with Gasteiger partial charge in [-0.3, -0.25) is 9.59 Å². The number of nitrogens with zero attached hydrogens (tertiary/aromatic N) is 1. The van der Waals surface area contributed by atoms with E-state index < -0.39 is 11.6 Å². The van der Waals surface area contributed by atoms with Crippen molar-refractivity contribution in [2.24, 2.45) is 0 Å². The molecule has 0 radical (unpaired) electrons. The van der Waals surface area contributed by atoms with E-state index in [1.807, 2.05) is 13.8 Å². The van der Waals surface area contributed by atoms with Gasteiger partial charge in [0.1, 0.15) is 11.5 Å². The molecule has 0 saturated heterocycles. The van der Waals surface area contributed by atoms with Crippen molar-refractivity contribution in [3.05, 3.63) is 35.3 Å². The number of carbonyl (C=O) groups is 2. The first-order valence-electron chi connectivity index (χ1n) is 6.08. The molecule has 1 heterocycles. The van der Waals surface area contributed by atoms with Crippen molar-refractivity contribution in [3.63, 3.8) is 0 Å². The van der Waals surface area contributed by atoms with Gasteiger partial charge in [0, 0.05) is 22.7 Å². The van der Waals surface area contributed by atoms with E-state index in [-0.39, 0.29) is 11.6 Å². The van der Waals surface area contributed by atoms with Crippen molar-refractivity contribution in [1.82, 2.24) is 9.97 Å². The number of ketones is 2. The first kappa shape index (κ1) is 11.6. The van der Waals surface area contributed by atoms with Gasteiger partial charge < -0.3 is 10.7 Å². The predicted octanol–water partition coefficient (Wildman–Crippen LogP) is 2.16. The number of benzene rings is 1. The van der Waals surface area contributed by atoms with Gasteiger partial charge in [-0.15, -0.1) is 0 Å². The summed E-state index contributed by atoms with van der Waals surface area (Å²) >= 11 is 0. The summed E-state index contributed by atoms with van der Waals surface area (Å²) in [6, 6.07) is 4.99. The Bertz CT molecular complexity index is 713. The summed E-state index contributed by atoms with van der Waals surface area (Å²) in [5.74, 6) is -0.255. The largest absolute Gasteiger partial charge is 0.399 e. The Kier molecular flexibility index (Phi) is 2.32. The van der Waals surface area contributed by atoms with Gasteiger partial charge in [0.2, 0.25) is 5.78 Å². The number of nitrogens with two attached hydrogens (primary N) is 1. The number of Topliss-reactive ketones (excluding diaryl/α,β-unsaturated/α-hetero) is 2. The molecule has 0 aliphatic heterocycles. The summed E-state index contributed by atoms with van der Waals surface area (Å²) in [4.78, 5) is 31.5. The fourth-order valence-electron chi connectivity index (χ4n) is 2.22. The number of imidazole rings is 1. The number of hydrogen-bond acceptors (Lipinski definition) is 4. The minimum absolute atomic E-state index is 0.158. The molecule has 0 fully saturated rings. The Morgan fingerprint density at radius 2 is 1.89 bits per heavy atom. The zero-order chi connectivity index (χ0) is 13.7. The first-order chi connectivity index (χ1) is 8.99. The lowest BCUT2D eigenvalue weighted by Crippen LogP contribution is -2.21. The molecule has 5 heteroatoms. The smallest absolute Gasteiger partial charge is 0.254 e. The van der Waals surface area contributed by atoms with Crippen LogP contribution >= 0.6 is 0 Å². The second kappa shape index (κ2) is 3.78. The zero-order valence-corrected chi connectivity index (χ0v) is 10.7. The van der Waals surface area contributed by atoms with Crippen LogP contribution in [0.2, 0.25) is 0 Å². The summed E-state index contributed by atoms with van der Waals surface area (Å²) in [5, 5.41) is 0. The van der Waals surface area contributed by atoms with Gasteiger partial charge in [0.05, 0.1) is 5.69 Å². The second-order valence-corrected chi connectivity index (χ2v) is 4.96. The molecule has 0 atom stereocenters. The van der Waals surface area contributed by atoms with E-state index in [9.17, 15) is 9.59 Å². The van der Waals surface area contributed by atoms with Crippen LogP contribution in [0.5, 0.6) is 0 Å². The fraction of sp³-hybridized carbons (Fsp3) is 0.214. The van der Waals surface area contributed by atoms with Crippen LogP contribution in [0.1, 0.15) is 46.4 Å². The fourth-order valence-corrected chi connectivity index (χ4v) is 2.22. The topological polar surface area (TPSA) is 88.8 Å². The molecule has 5 nitrogen and oxygen atoms in total. The molecule has 1 aliphatic carbocycles. The van der Waals surface area contributed by atoms with Crippen LogP contribution in [0.4, 0.5) is 5.69 Å². The van der Waals surface area contributed by atoms with Crippen LogP contribution in [0.25, 0.3) is 11.3 Å². The molecule has 2 aromatic rings. The minimum atomic E-state index is -0.573. The Balaban J connectivity index is 2.30. The molecule has 1 aliphatic rings. The zero-order valence-electron chi connectivity index (χ0n) is 10.7. The van der Waals surface area contributed by atoms with Crippen molar-refractivity contribution in [2.75, 3.05) is 5.73 Å². The number of aromatic nitrogens is 2. The van der Waals surface area contributed by atoms with Crippen LogP contribution in [-0.2, 0) is 0 Å². The molecule has 19 heavy (non-hydrogen) atoms. The third kappa shape index (κ3) is 1.58. The highest BCUT2D eigenvalue weighted by Gasteiger charge is 2.34. The summed E-state index contributed by atoms with van der Waals surface area (Å²) in [7, 11) is 0. The van der Waals surface area contributed by atoms with E-state index in [1.165, 1.54) is 6.07 Å². The van der Waals surface area contributed by atoms with Crippen LogP contribution < -0.4 is 5.73 Å². The number of aromatic amines is 1. The van der Waals surface area contributed by atoms with E-state index >= 15 is 0 Å². The maximum atomic E-state index is 12.1. The van der Waals surface area contributed by atoms with Crippen LogP contribution in [-0.4, -0.2) is 21.5 Å². The molecule has 3 rings (SSSR count). The maximum absolute atomic E-state index is 12.1. The van der Waals surface area contributed by atoms with E-state index in [0.717, 1.165) is 0 Å². The molecule has 1 aromatic heterocycles. The molecular weight excluding hydrogens is 242 g/mol. The Morgan fingerprint density at radius 1 is 1.16 bits per heavy atom. The summed E-state index contributed by atoms with van der Waals surface area (Å²) in [6.45, 7) is 3.95.